The molecule has 0 aliphatic carbocycles. The molecule has 0 amide bonds. The Morgan fingerprint density at radius 3 is 2.29 bits per heavy atom. The van der Waals surface area contributed by atoms with Crippen molar-refractivity contribution in [1.82, 2.24) is 4.31 Å². The Kier molecular flexibility index (Phi) is 4.24. The normalized spacial score (nSPS) is 20.4. The van der Waals surface area contributed by atoms with Gasteiger partial charge in [-0.15, -0.1) is 0 Å². The fraction of sp³-hybridized carbons (Fsp3) is 0.417. The summed E-state index contributed by atoms with van der Waals surface area (Å²) in [4.78, 5) is 9.79. The zero-order valence-electron chi connectivity index (χ0n) is 10.7. The van der Waals surface area contributed by atoms with E-state index in [1.54, 1.807) is 0 Å². The van der Waals surface area contributed by atoms with E-state index in [9.17, 15) is 26.4 Å². The van der Waals surface area contributed by atoms with Crippen molar-refractivity contribution in [3.8, 4) is 0 Å². The van der Waals surface area contributed by atoms with Crippen molar-refractivity contribution in [2.45, 2.75) is 30.2 Å². The number of hydrogen-bond donors (Lipinski definition) is 1. The van der Waals surface area contributed by atoms with E-state index in [1.807, 2.05) is 0 Å². The van der Waals surface area contributed by atoms with Crippen LogP contribution in [-0.4, -0.2) is 36.4 Å². The lowest BCUT2D eigenvalue weighted by Crippen LogP contribution is -2.48. The third-order valence-corrected chi connectivity index (χ3v) is 5.23. The molecule has 1 aromatic carbocycles. The van der Waals surface area contributed by atoms with Crippen LogP contribution in [0.4, 0.5) is 13.2 Å². The van der Waals surface area contributed by atoms with Crippen LogP contribution in [0.3, 0.4) is 0 Å². The van der Waals surface area contributed by atoms with Gasteiger partial charge in [-0.3, -0.25) is 4.79 Å². The van der Waals surface area contributed by atoms with Crippen LogP contribution in [0.15, 0.2) is 17.0 Å². The number of aliphatic carboxylic acids is 1. The van der Waals surface area contributed by atoms with Crippen LogP contribution in [-0.2, 0) is 14.8 Å². The Balaban J connectivity index is 2.53. The highest BCUT2D eigenvalue weighted by atomic mass is 32.2. The minimum Gasteiger partial charge on any atom is -0.480 e. The smallest absolute Gasteiger partial charge is 0.322 e. The zero-order valence-corrected chi connectivity index (χ0v) is 11.5. The molecular formula is C12H12F3NO4S. The van der Waals surface area contributed by atoms with Crippen molar-refractivity contribution < 1.29 is 31.5 Å². The molecule has 21 heavy (non-hydrogen) atoms. The fourth-order valence-corrected chi connectivity index (χ4v) is 4.08. The monoisotopic (exact) mass is 323 g/mol. The van der Waals surface area contributed by atoms with Crippen molar-refractivity contribution in [3.63, 3.8) is 0 Å². The van der Waals surface area contributed by atoms with Crippen molar-refractivity contribution in [3.05, 3.63) is 29.6 Å². The third kappa shape index (κ3) is 2.88. The molecule has 1 aromatic rings. The molecule has 9 heteroatoms. The molecule has 1 heterocycles. The Labute approximate surface area is 119 Å². The van der Waals surface area contributed by atoms with E-state index in [1.165, 1.54) is 0 Å². The molecule has 1 atom stereocenters. The van der Waals surface area contributed by atoms with Crippen LogP contribution < -0.4 is 0 Å². The highest BCUT2D eigenvalue weighted by Crippen LogP contribution is 2.29. The van der Waals surface area contributed by atoms with Gasteiger partial charge in [0.1, 0.15) is 23.5 Å². The van der Waals surface area contributed by atoms with E-state index < -0.39 is 44.4 Å². The van der Waals surface area contributed by atoms with Crippen LogP contribution in [0, 0.1) is 17.5 Å². The quantitative estimate of drug-likeness (QED) is 0.919. The summed E-state index contributed by atoms with van der Waals surface area (Å²) in [6.07, 6.45) is 0.934. The first-order chi connectivity index (χ1) is 9.75. The highest BCUT2D eigenvalue weighted by molar-refractivity contribution is 7.89. The van der Waals surface area contributed by atoms with Gasteiger partial charge in [0.05, 0.1) is 0 Å². The lowest BCUT2D eigenvalue weighted by Gasteiger charge is -2.31. The summed E-state index contributed by atoms with van der Waals surface area (Å²) in [6, 6.07) is -0.890. The van der Waals surface area contributed by atoms with Gasteiger partial charge < -0.3 is 5.11 Å². The maximum Gasteiger partial charge on any atom is 0.322 e. The molecule has 0 aromatic heterocycles. The molecule has 5 nitrogen and oxygen atoms in total. The second-order valence-corrected chi connectivity index (χ2v) is 6.49. The van der Waals surface area contributed by atoms with E-state index in [0.29, 0.717) is 17.1 Å². The molecule has 0 radical (unpaired) electrons. The average Bonchev–Trinajstić information content (AvgIpc) is 2.37. The second kappa shape index (κ2) is 5.64. The number of carboxylic acids is 1. The van der Waals surface area contributed by atoms with Crippen molar-refractivity contribution in [2.75, 3.05) is 6.54 Å². The van der Waals surface area contributed by atoms with Gasteiger partial charge in [0, 0.05) is 18.7 Å². The van der Waals surface area contributed by atoms with Gasteiger partial charge >= 0.3 is 5.97 Å². The van der Waals surface area contributed by atoms with Crippen LogP contribution in [0.2, 0.25) is 0 Å². The molecular weight excluding hydrogens is 311 g/mol. The highest BCUT2D eigenvalue weighted by Gasteiger charge is 2.40. The van der Waals surface area contributed by atoms with E-state index in [0.717, 1.165) is 0 Å². The lowest BCUT2D eigenvalue weighted by atomic mass is 10.1. The Hall–Kier alpha value is -1.61. The second-order valence-electron chi connectivity index (χ2n) is 4.66. The standard InChI is InChI=1S/C12H12F3NO4S/c13-7-5-8(14)11(9(15)6-7)21(19,20)16-4-2-1-3-10(16)12(17)18/h5-6,10H,1-4H2,(H,17,18)/t10-/m0/s1. The van der Waals surface area contributed by atoms with Gasteiger partial charge in [0.15, 0.2) is 4.90 Å². The predicted molar refractivity (Wildman–Crippen MR) is 65.5 cm³/mol. The maximum absolute atomic E-state index is 13.7. The molecule has 1 fully saturated rings. The number of benzene rings is 1. The van der Waals surface area contributed by atoms with E-state index in [4.69, 9.17) is 5.11 Å². The van der Waals surface area contributed by atoms with Crippen LogP contribution in [0.25, 0.3) is 0 Å². The Bertz CT molecular complexity index is 654. The predicted octanol–water partition coefficient (Wildman–Crippen LogP) is 1.73. The Morgan fingerprint density at radius 2 is 1.76 bits per heavy atom. The molecule has 2 rings (SSSR count). The van der Waals surface area contributed by atoms with Crippen molar-refractivity contribution in [1.29, 1.82) is 0 Å². The van der Waals surface area contributed by atoms with Crippen molar-refractivity contribution in [2.24, 2.45) is 0 Å². The molecule has 1 aliphatic heterocycles. The molecule has 1 N–H and O–H groups in total. The fourth-order valence-electron chi connectivity index (χ4n) is 2.33. The van der Waals surface area contributed by atoms with Gasteiger partial charge in [0.2, 0.25) is 10.0 Å². The molecule has 0 bridgehead atoms. The van der Waals surface area contributed by atoms with Gasteiger partial charge in [-0.1, -0.05) is 0 Å². The summed E-state index contributed by atoms with van der Waals surface area (Å²) in [6.45, 7) is -0.157. The van der Waals surface area contributed by atoms with Gasteiger partial charge in [0.25, 0.3) is 0 Å². The minimum atomic E-state index is -4.70. The molecule has 0 unspecified atom stereocenters. The van der Waals surface area contributed by atoms with Gasteiger partial charge in [-0.05, 0) is 19.3 Å². The number of hydrogen-bond acceptors (Lipinski definition) is 3. The number of carboxylic acid groups (broad SMARTS) is 1. The van der Waals surface area contributed by atoms with Gasteiger partial charge in [-0.25, -0.2) is 21.6 Å². The Morgan fingerprint density at radius 1 is 1.19 bits per heavy atom. The summed E-state index contributed by atoms with van der Waals surface area (Å²) >= 11 is 0. The van der Waals surface area contributed by atoms with Crippen LogP contribution in [0.5, 0.6) is 0 Å². The first kappa shape index (κ1) is 15.8. The summed E-state index contributed by atoms with van der Waals surface area (Å²) < 4.78 is 65.4. The topological polar surface area (TPSA) is 74.7 Å². The van der Waals surface area contributed by atoms with Crippen molar-refractivity contribution >= 4 is 16.0 Å². The van der Waals surface area contributed by atoms with E-state index >= 15 is 0 Å². The van der Waals surface area contributed by atoms with Gasteiger partial charge in [-0.2, -0.15) is 4.31 Å². The molecule has 1 aliphatic rings. The SMILES string of the molecule is O=C(O)[C@@H]1CCCCN1S(=O)(=O)c1c(F)cc(F)cc1F. The average molecular weight is 323 g/mol. The first-order valence-electron chi connectivity index (χ1n) is 6.14. The largest absolute Gasteiger partial charge is 0.480 e. The van der Waals surface area contributed by atoms with E-state index in [2.05, 4.69) is 0 Å². The molecule has 116 valence electrons. The number of carbonyl (C=O) groups is 1. The number of halogens is 3. The zero-order chi connectivity index (χ0) is 15.8. The van der Waals surface area contributed by atoms with E-state index in [-0.39, 0.29) is 25.1 Å². The maximum atomic E-state index is 13.7. The lowest BCUT2D eigenvalue weighted by molar-refractivity contribution is -0.142. The molecule has 0 spiro atoms. The summed E-state index contributed by atoms with van der Waals surface area (Å²) in [7, 11) is -4.70. The summed E-state index contributed by atoms with van der Waals surface area (Å²) in [5, 5.41) is 9.05. The number of piperidine rings is 1. The first-order valence-corrected chi connectivity index (χ1v) is 7.58. The van der Waals surface area contributed by atoms with Crippen LogP contribution in [0.1, 0.15) is 19.3 Å². The number of rotatable bonds is 3. The molecule has 0 saturated carbocycles. The minimum absolute atomic E-state index is 0.0546. The summed E-state index contributed by atoms with van der Waals surface area (Å²) in [5.74, 6) is -5.80. The molecule has 1 saturated heterocycles. The summed E-state index contributed by atoms with van der Waals surface area (Å²) in [5.41, 5.74) is 0. The number of nitrogens with zero attached hydrogens (tertiary/aromatic N) is 1. The third-order valence-electron chi connectivity index (χ3n) is 3.27. The van der Waals surface area contributed by atoms with Crippen LogP contribution >= 0.6 is 0 Å². The number of sulfonamides is 1.